The van der Waals surface area contributed by atoms with Crippen molar-refractivity contribution in [2.45, 2.75) is 19.6 Å². The van der Waals surface area contributed by atoms with Crippen molar-refractivity contribution in [3.63, 3.8) is 0 Å². The van der Waals surface area contributed by atoms with E-state index in [0.717, 1.165) is 0 Å². The van der Waals surface area contributed by atoms with Crippen LogP contribution in [-0.2, 0) is 6.54 Å². The number of aliphatic hydroxyl groups excluding tert-OH is 1. The van der Waals surface area contributed by atoms with Gasteiger partial charge in [0.1, 0.15) is 18.5 Å². The van der Waals surface area contributed by atoms with Crippen molar-refractivity contribution in [1.82, 2.24) is 9.55 Å². The van der Waals surface area contributed by atoms with Gasteiger partial charge in [0.25, 0.3) is 11.2 Å². The Balaban J connectivity index is 1.71. The number of ketones is 1. The molecule has 9 nitrogen and oxygen atoms in total. The first-order chi connectivity index (χ1) is 13.3. The fourth-order valence-electron chi connectivity index (χ4n) is 2.65. The minimum Gasteiger partial charge on any atom is -0.491 e. The first-order valence-corrected chi connectivity index (χ1v) is 8.40. The van der Waals surface area contributed by atoms with Gasteiger partial charge in [-0.1, -0.05) is 0 Å². The molecular weight excluding hydrogens is 366 g/mol. The quantitative estimate of drug-likeness (QED) is 0.375. The molecule has 28 heavy (non-hydrogen) atoms. The van der Waals surface area contributed by atoms with Gasteiger partial charge in [0.2, 0.25) is 0 Å². The number of aromatic nitrogens is 2. The normalized spacial score (nSPS) is 11.9. The van der Waals surface area contributed by atoms with E-state index in [4.69, 9.17) is 4.74 Å². The number of carbonyl (C=O) groups is 1. The van der Waals surface area contributed by atoms with E-state index in [1.165, 1.54) is 36.0 Å². The Kier molecular flexibility index (Phi) is 5.46. The van der Waals surface area contributed by atoms with E-state index in [2.05, 4.69) is 4.98 Å². The number of hydrogen-bond donors (Lipinski definition) is 1. The Bertz CT molecular complexity index is 1090. The molecule has 1 aromatic heterocycles. The summed E-state index contributed by atoms with van der Waals surface area (Å²) in [4.78, 5) is 38.2. The van der Waals surface area contributed by atoms with E-state index >= 15 is 0 Å². The molecule has 0 fully saturated rings. The number of hydrogen-bond acceptors (Lipinski definition) is 7. The third kappa shape index (κ3) is 4.21. The lowest BCUT2D eigenvalue weighted by atomic mass is 10.1. The molecule has 0 aliphatic carbocycles. The van der Waals surface area contributed by atoms with Gasteiger partial charge in [0, 0.05) is 17.7 Å². The standard InChI is InChI=1S/C19H17N3O6/c1-12(23)13-2-5-16(6-3-13)28-10-15(24)9-21-11-20-18-7-4-14(22(26)27)8-17(18)19(21)25/h2-8,11,15,24H,9-10H2,1H3. The summed E-state index contributed by atoms with van der Waals surface area (Å²) >= 11 is 0. The lowest BCUT2D eigenvalue weighted by Crippen LogP contribution is -2.30. The number of nitrogens with zero attached hydrogens (tertiary/aromatic N) is 3. The molecule has 3 aromatic rings. The molecule has 9 heteroatoms. The van der Waals surface area contributed by atoms with Crippen molar-refractivity contribution in [1.29, 1.82) is 0 Å². The summed E-state index contributed by atoms with van der Waals surface area (Å²) in [5.41, 5.74) is 0.194. The maximum Gasteiger partial charge on any atom is 0.270 e. The molecule has 0 saturated heterocycles. The van der Waals surface area contributed by atoms with E-state index in [-0.39, 0.29) is 30.0 Å². The zero-order valence-electron chi connectivity index (χ0n) is 14.9. The second-order valence-electron chi connectivity index (χ2n) is 6.21. The van der Waals surface area contributed by atoms with Gasteiger partial charge in [-0.3, -0.25) is 24.3 Å². The summed E-state index contributed by atoms with van der Waals surface area (Å²) < 4.78 is 6.65. The largest absolute Gasteiger partial charge is 0.491 e. The molecule has 1 unspecified atom stereocenters. The Morgan fingerprint density at radius 2 is 2.00 bits per heavy atom. The molecular formula is C19H17N3O6. The van der Waals surface area contributed by atoms with Gasteiger partial charge >= 0.3 is 0 Å². The number of ether oxygens (including phenoxy) is 1. The fourth-order valence-corrected chi connectivity index (χ4v) is 2.65. The smallest absolute Gasteiger partial charge is 0.270 e. The van der Waals surface area contributed by atoms with Crippen LogP contribution in [0.25, 0.3) is 10.9 Å². The SMILES string of the molecule is CC(=O)c1ccc(OCC(O)Cn2cnc3ccc([N+](=O)[O-])cc3c2=O)cc1. The van der Waals surface area contributed by atoms with Crippen LogP contribution >= 0.6 is 0 Å². The van der Waals surface area contributed by atoms with Crippen molar-refractivity contribution in [3.05, 3.63) is 74.8 Å². The molecule has 1 N–H and O–H groups in total. The predicted molar refractivity (Wildman–Crippen MR) is 101 cm³/mol. The van der Waals surface area contributed by atoms with Gasteiger partial charge in [-0.05, 0) is 37.3 Å². The molecule has 0 aliphatic heterocycles. The summed E-state index contributed by atoms with van der Waals surface area (Å²) in [6.07, 6.45) is 0.268. The van der Waals surface area contributed by atoms with Gasteiger partial charge in [-0.25, -0.2) is 4.98 Å². The molecule has 3 rings (SSSR count). The maximum atomic E-state index is 12.5. The monoisotopic (exact) mass is 383 g/mol. The molecule has 0 aliphatic rings. The van der Waals surface area contributed by atoms with E-state index in [0.29, 0.717) is 16.8 Å². The van der Waals surface area contributed by atoms with Crippen LogP contribution in [-0.4, -0.2) is 38.1 Å². The summed E-state index contributed by atoms with van der Waals surface area (Å²) in [5, 5.41) is 21.2. The number of Topliss-reactive ketones (excluding diaryl/α,β-unsaturated/α-hetero) is 1. The van der Waals surface area contributed by atoms with E-state index in [9.17, 15) is 24.8 Å². The Morgan fingerprint density at radius 3 is 2.64 bits per heavy atom. The van der Waals surface area contributed by atoms with Crippen LogP contribution in [0.1, 0.15) is 17.3 Å². The zero-order chi connectivity index (χ0) is 20.3. The number of carbonyl (C=O) groups excluding carboxylic acids is 1. The Labute approximate surface area is 159 Å². The number of benzene rings is 2. The van der Waals surface area contributed by atoms with Gasteiger partial charge in [0.05, 0.1) is 28.7 Å². The highest BCUT2D eigenvalue weighted by Crippen LogP contribution is 2.16. The van der Waals surface area contributed by atoms with Crippen LogP contribution in [0.2, 0.25) is 0 Å². The van der Waals surface area contributed by atoms with Gasteiger partial charge < -0.3 is 9.84 Å². The molecule has 0 spiro atoms. The number of nitro benzene ring substituents is 1. The summed E-state index contributed by atoms with van der Waals surface area (Å²) in [7, 11) is 0. The maximum absolute atomic E-state index is 12.5. The van der Waals surface area contributed by atoms with Crippen LogP contribution < -0.4 is 10.3 Å². The highest BCUT2D eigenvalue weighted by Gasteiger charge is 2.13. The molecule has 0 saturated carbocycles. The molecule has 0 bridgehead atoms. The lowest BCUT2D eigenvalue weighted by Gasteiger charge is -2.14. The fraction of sp³-hybridized carbons (Fsp3) is 0.211. The first-order valence-electron chi connectivity index (χ1n) is 8.40. The minimum atomic E-state index is -1.01. The third-order valence-electron chi connectivity index (χ3n) is 4.13. The number of non-ortho nitro benzene ring substituents is 1. The highest BCUT2D eigenvalue weighted by atomic mass is 16.6. The minimum absolute atomic E-state index is 0.0602. The van der Waals surface area contributed by atoms with Crippen LogP contribution in [0.5, 0.6) is 5.75 Å². The van der Waals surface area contributed by atoms with Crippen molar-refractivity contribution >= 4 is 22.4 Å². The van der Waals surface area contributed by atoms with Crippen molar-refractivity contribution in [2.75, 3.05) is 6.61 Å². The van der Waals surface area contributed by atoms with Crippen LogP contribution in [0.3, 0.4) is 0 Å². The Morgan fingerprint density at radius 1 is 1.29 bits per heavy atom. The number of fused-ring (bicyclic) bond motifs is 1. The van der Waals surface area contributed by atoms with Crippen LogP contribution in [0, 0.1) is 10.1 Å². The van der Waals surface area contributed by atoms with E-state index in [1.807, 2.05) is 0 Å². The van der Waals surface area contributed by atoms with E-state index < -0.39 is 16.6 Å². The molecule has 0 amide bonds. The third-order valence-corrected chi connectivity index (χ3v) is 4.13. The van der Waals surface area contributed by atoms with Gasteiger partial charge in [-0.15, -0.1) is 0 Å². The van der Waals surface area contributed by atoms with Gasteiger partial charge in [-0.2, -0.15) is 0 Å². The second-order valence-corrected chi connectivity index (χ2v) is 6.21. The second kappa shape index (κ2) is 7.97. The predicted octanol–water partition coefficient (Wildman–Crippen LogP) is 1.95. The van der Waals surface area contributed by atoms with Crippen molar-refractivity contribution in [3.8, 4) is 5.75 Å². The van der Waals surface area contributed by atoms with Gasteiger partial charge in [0.15, 0.2) is 5.78 Å². The number of rotatable bonds is 7. The first kappa shape index (κ1) is 19.2. The topological polar surface area (TPSA) is 125 Å². The van der Waals surface area contributed by atoms with E-state index in [1.54, 1.807) is 24.3 Å². The molecule has 1 atom stereocenters. The summed E-state index contributed by atoms with van der Waals surface area (Å²) in [6, 6.07) is 10.3. The molecule has 1 heterocycles. The molecule has 2 aromatic carbocycles. The van der Waals surface area contributed by atoms with Crippen LogP contribution in [0.4, 0.5) is 5.69 Å². The Hall–Kier alpha value is -3.59. The highest BCUT2D eigenvalue weighted by molar-refractivity contribution is 5.94. The average molecular weight is 383 g/mol. The number of aliphatic hydroxyl groups is 1. The number of nitro groups is 1. The van der Waals surface area contributed by atoms with Crippen molar-refractivity contribution < 1.29 is 19.6 Å². The summed E-state index contributed by atoms with van der Waals surface area (Å²) in [6.45, 7) is 1.29. The van der Waals surface area contributed by atoms with Crippen LogP contribution in [0.15, 0.2) is 53.6 Å². The zero-order valence-corrected chi connectivity index (χ0v) is 14.9. The van der Waals surface area contributed by atoms with Crippen molar-refractivity contribution in [2.24, 2.45) is 0 Å². The molecule has 144 valence electrons. The lowest BCUT2D eigenvalue weighted by molar-refractivity contribution is -0.384. The molecule has 0 radical (unpaired) electrons. The summed E-state index contributed by atoms with van der Waals surface area (Å²) in [5.74, 6) is 0.415. The average Bonchev–Trinajstić information content (AvgIpc) is 2.68.